The van der Waals surface area contributed by atoms with Crippen LogP contribution in [0.15, 0.2) is 46.1 Å². The third kappa shape index (κ3) is 4.49. The van der Waals surface area contributed by atoms with Crippen LogP contribution in [-0.2, 0) is 16.1 Å². The van der Waals surface area contributed by atoms with E-state index in [4.69, 9.17) is 9.47 Å². The van der Waals surface area contributed by atoms with Crippen molar-refractivity contribution in [1.29, 1.82) is 0 Å². The Morgan fingerprint density at radius 2 is 1.86 bits per heavy atom. The number of benzene rings is 1. The van der Waals surface area contributed by atoms with Gasteiger partial charge in [0, 0.05) is 6.20 Å². The fourth-order valence-corrected chi connectivity index (χ4v) is 3.42. The maximum Gasteiger partial charge on any atom is 0.330 e. The van der Waals surface area contributed by atoms with Gasteiger partial charge in [0.15, 0.2) is 6.23 Å². The topological polar surface area (TPSA) is 134 Å². The van der Waals surface area contributed by atoms with E-state index >= 15 is 0 Å². The van der Waals surface area contributed by atoms with E-state index < -0.39 is 42.4 Å². The third-order valence-electron chi connectivity index (χ3n) is 4.98. The molecule has 158 valence electrons. The molecule has 0 bridgehead atoms. The molecule has 3 rings (SSSR count). The zero-order valence-corrected chi connectivity index (χ0v) is 16.3. The summed E-state index contributed by atoms with van der Waals surface area (Å²) in [5.41, 5.74) is -0.259. The Morgan fingerprint density at radius 1 is 1.17 bits per heavy atom. The molecule has 1 aromatic carbocycles. The number of nitrogens with one attached hydrogen (secondary N) is 1. The lowest BCUT2D eigenvalue weighted by atomic mass is 9.99. The summed E-state index contributed by atoms with van der Waals surface area (Å²) in [4.78, 5) is 26.7. The van der Waals surface area contributed by atoms with Gasteiger partial charge in [-0.2, -0.15) is 0 Å². The van der Waals surface area contributed by atoms with E-state index in [0.717, 1.165) is 10.1 Å². The van der Waals surface area contributed by atoms with Crippen molar-refractivity contribution in [2.75, 3.05) is 6.61 Å². The van der Waals surface area contributed by atoms with Gasteiger partial charge >= 0.3 is 5.69 Å². The van der Waals surface area contributed by atoms with Crippen molar-refractivity contribution in [2.45, 2.75) is 51.1 Å². The molecular weight excluding hydrogens is 380 g/mol. The summed E-state index contributed by atoms with van der Waals surface area (Å²) < 4.78 is 12.4. The van der Waals surface area contributed by atoms with Crippen molar-refractivity contribution in [3.8, 4) is 0 Å². The largest absolute Gasteiger partial charge is 0.394 e. The van der Waals surface area contributed by atoms with Gasteiger partial charge in [0.25, 0.3) is 5.56 Å². The van der Waals surface area contributed by atoms with Crippen molar-refractivity contribution in [3.63, 3.8) is 0 Å². The van der Waals surface area contributed by atoms with Gasteiger partial charge in [0.1, 0.15) is 18.3 Å². The second-order valence-electron chi connectivity index (χ2n) is 7.44. The number of hydrogen-bond donors (Lipinski definition) is 4. The van der Waals surface area contributed by atoms with Crippen LogP contribution in [-0.4, -0.2) is 49.8 Å². The minimum absolute atomic E-state index is 0.0673. The Bertz CT molecular complexity index is 924. The quantitative estimate of drug-likeness (QED) is 0.511. The van der Waals surface area contributed by atoms with Crippen LogP contribution in [0.4, 0.5) is 0 Å². The first kappa shape index (κ1) is 21.4. The van der Waals surface area contributed by atoms with Gasteiger partial charge in [0.2, 0.25) is 0 Å². The van der Waals surface area contributed by atoms with Crippen LogP contribution in [0.1, 0.15) is 37.3 Å². The molecule has 1 aliphatic heterocycles. The molecule has 1 aromatic heterocycles. The number of H-pyrrole nitrogens is 1. The maximum atomic E-state index is 12.3. The van der Waals surface area contributed by atoms with Gasteiger partial charge in [-0.15, -0.1) is 0 Å². The summed E-state index contributed by atoms with van der Waals surface area (Å²) >= 11 is 0. The van der Waals surface area contributed by atoms with E-state index in [0.29, 0.717) is 0 Å². The highest BCUT2D eigenvalue weighted by Gasteiger charge is 2.43. The SMILES string of the molecule is CC(C)C(OCc1cn([C@H]2O[C@H](CO)[C@@H](O)[C@H]2O)c(=O)[nH]c1=O)c1ccccc1. The molecule has 1 saturated heterocycles. The van der Waals surface area contributed by atoms with Crippen LogP contribution in [0.25, 0.3) is 0 Å². The molecule has 0 radical (unpaired) electrons. The van der Waals surface area contributed by atoms with Gasteiger partial charge in [-0.05, 0) is 11.5 Å². The summed E-state index contributed by atoms with van der Waals surface area (Å²) in [5.74, 6) is 0.142. The number of aliphatic hydroxyl groups excluding tert-OH is 3. The minimum atomic E-state index is -1.43. The maximum absolute atomic E-state index is 12.3. The molecule has 9 heteroatoms. The lowest BCUT2D eigenvalue weighted by molar-refractivity contribution is -0.0555. The molecule has 4 N–H and O–H groups in total. The molecule has 5 atom stereocenters. The van der Waals surface area contributed by atoms with Crippen LogP contribution in [0.3, 0.4) is 0 Å². The first-order valence-corrected chi connectivity index (χ1v) is 9.46. The lowest BCUT2D eigenvalue weighted by Crippen LogP contribution is -2.39. The Morgan fingerprint density at radius 3 is 2.45 bits per heavy atom. The van der Waals surface area contributed by atoms with E-state index in [1.54, 1.807) is 0 Å². The van der Waals surface area contributed by atoms with Crippen molar-refractivity contribution < 1.29 is 24.8 Å². The molecule has 0 amide bonds. The number of rotatable bonds is 7. The first-order valence-electron chi connectivity index (χ1n) is 9.46. The molecule has 1 unspecified atom stereocenters. The molecule has 9 nitrogen and oxygen atoms in total. The molecule has 0 aliphatic carbocycles. The van der Waals surface area contributed by atoms with E-state index in [1.165, 1.54) is 6.20 Å². The smallest absolute Gasteiger partial charge is 0.330 e. The highest BCUT2D eigenvalue weighted by atomic mass is 16.6. The fraction of sp³-hybridized carbons (Fsp3) is 0.500. The number of ether oxygens (including phenoxy) is 2. The van der Waals surface area contributed by atoms with Gasteiger partial charge in [-0.1, -0.05) is 44.2 Å². The Hall–Kier alpha value is -2.30. The summed E-state index contributed by atoms with van der Waals surface area (Å²) in [6.07, 6.45) is -4.06. The monoisotopic (exact) mass is 406 g/mol. The highest BCUT2D eigenvalue weighted by molar-refractivity contribution is 5.18. The van der Waals surface area contributed by atoms with E-state index in [-0.39, 0.29) is 24.2 Å². The lowest BCUT2D eigenvalue weighted by Gasteiger charge is -2.22. The molecule has 1 fully saturated rings. The van der Waals surface area contributed by atoms with Gasteiger partial charge in [0.05, 0.1) is 24.9 Å². The molecular formula is C20H26N2O7. The van der Waals surface area contributed by atoms with E-state index in [2.05, 4.69) is 4.98 Å². The first-order chi connectivity index (χ1) is 13.8. The van der Waals surface area contributed by atoms with Gasteiger partial charge in [-0.25, -0.2) is 4.79 Å². The van der Waals surface area contributed by atoms with E-state index in [1.807, 2.05) is 44.2 Å². The fourth-order valence-electron chi connectivity index (χ4n) is 3.42. The number of aliphatic hydroxyl groups is 3. The number of nitrogens with zero attached hydrogens (tertiary/aromatic N) is 1. The molecule has 0 saturated carbocycles. The standard InChI is InChI=1S/C20H26N2O7/c1-11(2)17(12-6-4-3-5-7-12)28-10-13-8-22(20(27)21-18(13)26)19-16(25)15(24)14(9-23)29-19/h3-8,11,14-17,19,23-25H,9-10H2,1-2H3,(H,21,26,27)/t14-,15-,16-,17?,19+/m1/s1. The number of aromatic nitrogens is 2. The zero-order valence-electron chi connectivity index (χ0n) is 16.3. The molecule has 1 aliphatic rings. The van der Waals surface area contributed by atoms with Crippen LogP contribution in [0, 0.1) is 5.92 Å². The molecule has 0 spiro atoms. The summed E-state index contributed by atoms with van der Waals surface area (Å²) in [6.45, 7) is 3.42. The summed E-state index contributed by atoms with van der Waals surface area (Å²) in [7, 11) is 0. The van der Waals surface area contributed by atoms with Crippen LogP contribution >= 0.6 is 0 Å². The Balaban J connectivity index is 1.85. The van der Waals surface area contributed by atoms with Crippen LogP contribution in [0.5, 0.6) is 0 Å². The van der Waals surface area contributed by atoms with Gasteiger partial charge < -0.3 is 24.8 Å². The van der Waals surface area contributed by atoms with Crippen molar-refractivity contribution >= 4 is 0 Å². The van der Waals surface area contributed by atoms with Crippen LogP contribution < -0.4 is 11.2 Å². The molecule has 2 aromatic rings. The van der Waals surface area contributed by atoms with Crippen molar-refractivity contribution in [3.05, 3.63) is 68.5 Å². The zero-order chi connectivity index (χ0) is 21.1. The molecule has 29 heavy (non-hydrogen) atoms. The predicted molar refractivity (Wildman–Crippen MR) is 103 cm³/mol. The Labute approximate surface area is 167 Å². The molecule has 2 heterocycles. The van der Waals surface area contributed by atoms with Crippen molar-refractivity contribution in [1.82, 2.24) is 9.55 Å². The van der Waals surface area contributed by atoms with Gasteiger partial charge in [-0.3, -0.25) is 14.3 Å². The highest BCUT2D eigenvalue weighted by Crippen LogP contribution is 2.29. The van der Waals surface area contributed by atoms with Crippen molar-refractivity contribution in [2.24, 2.45) is 5.92 Å². The Kier molecular flexibility index (Phi) is 6.66. The second-order valence-corrected chi connectivity index (χ2v) is 7.44. The number of hydrogen-bond acceptors (Lipinski definition) is 7. The average Bonchev–Trinajstić information content (AvgIpc) is 2.98. The summed E-state index contributed by atoms with van der Waals surface area (Å²) in [6, 6.07) is 9.60. The van der Waals surface area contributed by atoms with E-state index in [9.17, 15) is 24.9 Å². The van der Waals surface area contributed by atoms with Crippen LogP contribution in [0.2, 0.25) is 0 Å². The number of aromatic amines is 1. The average molecular weight is 406 g/mol. The normalized spacial score (nSPS) is 25.4. The summed E-state index contributed by atoms with van der Waals surface area (Å²) in [5, 5.41) is 29.3. The second kappa shape index (κ2) is 9.02. The third-order valence-corrected chi connectivity index (χ3v) is 4.98. The predicted octanol–water partition coefficient (Wildman–Crippen LogP) is 0.0620. The minimum Gasteiger partial charge on any atom is -0.394 e.